The third-order valence-corrected chi connectivity index (χ3v) is 6.39. The van der Waals surface area contributed by atoms with Gasteiger partial charge in [-0.2, -0.15) is 0 Å². The first-order valence-electron chi connectivity index (χ1n) is 6.16. The minimum absolute atomic E-state index is 0.206. The van der Waals surface area contributed by atoms with E-state index in [1.54, 1.807) is 23.9 Å². The van der Waals surface area contributed by atoms with Crippen LogP contribution in [-0.4, -0.2) is 31.8 Å². The summed E-state index contributed by atoms with van der Waals surface area (Å²) >= 11 is 5.07. The minimum atomic E-state index is -3.41. The Morgan fingerprint density at radius 2 is 1.90 bits per heavy atom. The molecule has 0 aliphatic carbocycles. The van der Waals surface area contributed by atoms with Gasteiger partial charge in [0.2, 0.25) is 10.0 Å². The van der Waals surface area contributed by atoms with Crippen molar-refractivity contribution in [1.82, 2.24) is 9.29 Å². The SMILES string of the molecule is CN(C)S(=O)(=O)c1ccc(SCc2ccccc2Br)nc1. The first-order valence-corrected chi connectivity index (χ1v) is 9.38. The van der Waals surface area contributed by atoms with Crippen molar-refractivity contribution in [2.75, 3.05) is 14.1 Å². The quantitative estimate of drug-likeness (QED) is 0.738. The van der Waals surface area contributed by atoms with Crippen molar-refractivity contribution in [1.29, 1.82) is 0 Å². The van der Waals surface area contributed by atoms with E-state index >= 15 is 0 Å². The molecule has 1 heterocycles. The minimum Gasteiger partial charge on any atom is -0.249 e. The van der Waals surface area contributed by atoms with E-state index in [4.69, 9.17) is 0 Å². The average molecular weight is 387 g/mol. The van der Waals surface area contributed by atoms with Gasteiger partial charge in [0.15, 0.2) is 0 Å². The van der Waals surface area contributed by atoms with Crippen molar-refractivity contribution in [2.24, 2.45) is 0 Å². The number of hydrogen-bond acceptors (Lipinski definition) is 4. The number of sulfonamides is 1. The van der Waals surface area contributed by atoms with Crippen molar-refractivity contribution >= 4 is 37.7 Å². The molecule has 1 aromatic carbocycles. The Kier molecular flexibility index (Phi) is 5.43. The van der Waals surface area contributed by atoms with Crippen LogP contribution >= 0.6 is 27.7 Å². The summed E-state index contributed by atoms with van der Waals surface area (Å²) in [6, 6.07) is 11.3. The number of rotatable bonds is 5. The zero-order valence-electron chi connectivity index (χ0n) is 11.7. The van der Waals surface area contributed by atoms with Crippen LogP contribution in [0.15, 0.2) is 57.0 Å². The molecule has 1 aromatic heterocycles. The molecule has 0 fully saturated rings. The first-order chi connectivity index (χ1) is 9.91. The van der Waals surface area contributed by atoms with Crippen LogP contribution in [0.4, 0.5) is 0 Å². The lowest BCUT2D eigenvalue weighted by Gasteiger charge is -2.11. The Bertz CT molecular complexity index is 716. The van der Waals surface area contributed by atoms with E-state index < -0.39 is 10.0 Å². The van der Waals surface area contributed by atoms with E-state index in [1.807, 2.05) is 24.3 Å². The molecular formula is C14H15BrN2O2S2. The Labute approximate surface area is 137 Å². The van der Waals surface area contributed by atoms with Crippen molar-refractivity contribution in [2.45, 2.75) is 15.7 Å². The standard InChI is InChI=1S/C14H15BrN2O2S2/c1-17(2)21(18,19)12-7-8-14(16-9-12)20-10-11-5-3-4-6-13(11)15/h3-9H,10H2,1-2H3. The van der Waals surface area contributed by atoms with Gasteiger partial charge in [-0.15, -0.1) is 11.8 Å². The van der Waals surface area contributed by atoms with Crippen LogP contribution in [0.1, 0.15) is 5.56 Å². The highest BCUT2D eigenvalue weighted by Crippen LogP contribution is 2.26. The maximum absolute atomic E-state index is 11.9. The number of hydrogen-bond donors (Lipinski definition) is 0. The zero-order chi connectivity index (χ0) is 15.5. The molecule has 0 saturated heterocycles. The average Bonchev–Trinajstić information content (AvgIpc) is 2.46. The van der Waals surface area contributed by atoms with Crippen molar-refractivity contribution in [3.05, 3.63) is 52.6 Å². The van der Waals surface area contributed by atoms with E-state index in [9.17, 15) is 8.42 Å². The number of nitrogens with zero attached hydrogens (tertiary/aromatic N) is 2. The van der Waals surface area contributed by atoms with Gasteiger partial charge < -0.3 is 0 Å². The predicted molar refractivity (Wildman–Crippen MR) is 88.8 cm³/mol. The van der Waals surface area contributed by atoms with Crippen molar-refractivity contribution in [3.8, 4) is 0 Å². The third-order valence-electron chi connectivity index (χ3n) is 2.82. The van der Waals surface area contributed by atoms with Crippen LogP contribution in [0, 0.1) is 0 Å². The van der Waals surface area contributed by atoms with Gasteiger partial charge in [-0.1, -0.05) is 34.1 Å². The van der Waals surface area contributed by atoms with Crippen LogP contribution in [0.3, 0.4) is 0 Å². The Balaban J connectivity index is 2.09. The first kappa shape index (κ1) is 16.5. The molecule has 0 amide bonds. The molecule has 2 rings (SSSR count). The zero-order valence-corrected chi connectivity index (χ0v) is 14.9. The summed E-state index contributed by atoms with van der Waals surface area (Å²) in [5.41, 5.74) is 1.18. The monoisotopic (exact) mass is 386 g/mol. The second-order valence-corrected chi connectivity index (χ2v) is 8.50. The molecule has 0 spiro atoms. The molecule has 0 radical (unpaired) electrons. The second-order valence-electron chi connectivity index (χ2n) is 4.50. The van der Waals surface area contributed by atoms with Gasteiger partial charge >= 0.3 is 0 Å². The fourth-order valence-electron chi connectivity index (χ4n) is 1.58. The molecule has 7 heteroatoms. The van der Waals surface area contributed by atoms with E-state index in [0.29, 0.717) is 0 Å². The topological polar surface area (TPSA) is 50.3 Å². The molecule has 0 unspecified atom stereocenters. The van der Waals surface area contributed by atoms with Gasteiger partial charge in [0.1, 0.15) is 4.90 Å². The fraction of sp³-hybridized carbons (Fsp3) is 0.214. The molecule has 0 N–H and O–H groups in total. The maximum Gasteiger partial charge on any atom is 0.244 e. The molecule has 0 aliphatic heterocycles. The molecule has 4 nitrogen and oxygen atoms in total. The highest BCUT2D eigenvalue weighted by atomic mass is 79.9. The molecule has 0 atom stereocenters. The molecule has 21 heavy (non-hydrogen) atoms. The van der Waals surface area contributed by atoms with Gasteiger partial charge in [-0.05, 0) is 23.8 Å². The number of aromatic nitrogens is 1. The summed E-state index contributed by atoms with van der Waals surface area (Å²) in [5, 5.41) is 0.795. The summed E-state index contributed by atoms with van der Waals surface area (Å²) < 4.78 is 26.1. The number of pyridine rings is 1. The number of thioether (sulfide) groups is 1. The second kappa shape index (κ2) is 6.91. The summed E-state index contributed by atoms with van der Waals surface area (Å²) in [6.45, 7) is 0. The van der Waals surface area contributed by atoms with Crippen LogP contribution in [0.5, 0.6) is 0 Å². The molecule has 0 saturated carbocycles. The maximum atomic E-state index is 11.9. The van der Waals surface area contributed by atoms with Crippen LogP contribution in [0.2, 0.25) is 0 Å². The molecule has 0 bridgehead atoms. The Morgan fingerprint density at radius 1 is 1.19 bits per heavy atom. The summed E-state index contributed by atoms with van der Waals surface area (Å²) in [5.74, 6) is 0.772. The van der Waals surface area contributed by atoms with Gasteiger partial charge in [0.25, 0.3) is 0 Å². The van der Waals surface area contributed by atoms with Gasteiger partial charge in [0, 0.05) is 30.5 Å². The smallest absolute Gasteiger partial charge is 0.244 e. The highest BCUT2D eigenvalue weighted by molar-refractivity contribution is 9.10. The largest absolute Gasteiger partial charge is 0.249 e. The van der Waals surface area contributed by atoms with Crippen molar-refractivity contribution in [3.63, 3.8) is 0 Å². The third kappa shape index (κ3) is 4.06. The predicted octanol–water partition coefficient (Wildman–Crippen LogP) is 3.39. The lowest BCUT2D eigenvalue weighted by molar-refractivity contribution is 0.520. The molecular weight excluding hydrogens is 372 g/mol. The fourth-order valence-corrected chi connectivity index (χ4v) is 3.89. The van der Waals surface area contributed by atoms with Crippen LogP contribution in [0.25, 0.3) is 0 Å². The molecule has 0 aliphatic rings. The van der Waals surface area contributed by atoms with E-state index in [-0.39, 0.29) is 4.90 Å². The van der Waals surface area contributed by atoms with Crippen molar-refractivity contribution < 1.29 is 8.42 Å². The lowest BCUT2D eigenvalue weighted by atomic mass is 10.2. The normalized spacial score (nSPS) is 11.8. The van der Waals surface area contributed by atoms with Gasteiger partial charge in [-0.3, -0.25) is 0 Å². The van der Waals surface area contributed by atoms with E-state index in [1.165, 1.54) is 30.2 Å². The molecule has 2 aromatic rings. The summed E-state index contributed by atoms with van der Waals surface area (Å²) in [7, 11) is -0.404. The summed E-state index contributed by atoms with van der Waals surface area (Å²) in [6.07, 6.45) is 1.40. The van der Waals surface area contributed by atoms with Gasteiger partial charge in [0.05, 0.1) is 5.03 Å². The number of halogens is 1. The Hall–Kier alpha value is -0.890. The lowest BCUT2D eigenvalue weighted by Crippen LogP contribution is -2.22. The molecule has 112 valence electrons. The summed E-state index contributed by atoms with van der Waals surface area (Å²) in [4.78, 5) is 4.42. The van der Waals surface area contributed by atoms with Crippen LogP contribution < -0.4 is 0 Å². The highest BCUT2D eigenvalue weighted by Gasteiger charge is 2.17. The van der Waals surface area contributed by atoms with Gasteiger partial charge in [-0.25, -0.2) is 17.7 Å². The van der Waals surface area contributed by atoms with E-state index in [0.717, 1.165) is 15.3 Å². The van der Waals surface area contributed by atoms with Crippen LogP contribution in [-0.2, 0) is 15.8 Å². The number of benzene rings is 1. The van der Waals surface area contributed by atoms with E-state index in [2.05, 4.69) is 20.9 Å². The Morgan fingerprint density at radius 3 is 2.48 bits per heavy atom.